The van der Waals surface area contributed by atoms with Crippen molar-refractivity contribution in [2.45, 2.75) is 39.0 Å². The monoisotopic (exact) mass is 357 g/mol. The molecule has 0 bridgehead atoms. The Morgan fingerprint density at radius 1 is 1.23 bits per heavy atom. The molecular formula is C18H19N3O5. The van der Waals surface area contributed by atoms with Gasteiger partial charge in [-0.3, -0.25) is 14.4 Å². The predicted octanol–water partition coefficient (Wildman–Crippen LogP) is 1.49. The molecule has 26 heavy (non-hydrogen) atoms. The summed E-state index contributed by atoms with van der Waals surface area (Å²) in [6, 6.07) is 6.06. The summed E-state index contributed by atoms with van der Waals surface area (Å²) in [5, 5.41) is 12.6. The topological polar surface area (TPSA) is 117 Å². The first-order valence-electron chi connectivity index (χ1n) is 8.28. The Morgan fingerprint density at radius 3 is 2.54 bits per heavy atom. The molecule has 8 heteroatoms. The molecule has 1 aromatic carbocycles. The van der Waals surface area contributed by atoms with E-state index in [0.717, 1.165) is 0 Å². The van der Waals surface area contributed by atoms with Crippen molar-refractivity contribution >= 4 is 23.5 Å². The molecule has 0 saturated carbocycles. The van der Waals surface area contributed by atoms with E-state index in [1.165, 1.54) is 25.1 Å². The molecule has 1 aliphatic heterocycles. The third-order valence-electron chi connectivity index (χ3n) is 3.80. The van der Waals surface area contributed by atoms with Crippen molar-refractivity contribution in [1.29, 1.82) is 5.26 Å². The summed E-state index contributed by atoms with van der Waals surface area (Å²) in [5.41, 5.74) is 0.307. The lowest BCUT2D eigenvalue weighted by molar-refractivity contribution is -0.164. The lowest BCUT2D eigenvalue weighted by Crippen LogP contribution is -2.32. The standard InChI is InChI=1S/C18H19N3O5/c1-12(22)4-2-3-9-20-18(25)13-5-6-15(14(10-13)11-19)26-21-16(23)7-8-17(21)24/h5-6,10H,2-4,7-9H2,1H3,(H,20,25). The fourth-order valence-electron chi connectivity index (χ4n) is 2.40. The molecule has 8 nitrogen and oxygen atoms in total. The van der Waals surface area contributed by atoms with Crippen molar-refractivity contribution in [2.75, 3.05) is 6.54 Å². The fraction of sp³-hybridized carbons (Fsp3) is 0.389. The Balaban J connectivity index is 1.98. The van der Waals surface area contributed by atoms with Crippen LogP contribution in [-0.4, -0.2) is 35.1 Å². The molecule has 136 valence electrons. The van der Waals surface area contributed by atoms with Crippen LogP contribution in [0.4, 0.5) is 0 Å². The molecule has 1 saturated heterocycles. The second kappa shape index (κ2) is 8.76. The zero-order valence-electron chi connectivity index (χ0n) is 14.4. The van der Waals surface area contributed by atoms with Crippen LogP contribution < -0.4 is 10.2 Å². The first kappa shape index (κ1) is 19.1. The Bertz CT molecular complexity index is 766. The van der Waals surface area contributed by atoms with E-state index in [1.54, 1.807) is 0 Å². The number of nitrogens with one attached hydrogen (secondary N) is 1. The minimum Gasteiger partial charge on any atom is -0.368 e. The maximum absolute atomic E-state index is 12.1. The average molecular weight is 357 g/mol. The van der Waals surface area contributed by atoms with Gasteiger partial charge in [-0.2, -0.15) is 5.26 Å². The van der Waals surface area contributed by atoms with Gasteiger partial charge >= 0.3 is 0 Å². The number of hydroxylamine groups is 2. The number of benzene rings is 1. The highest BCUT2D eigenvalue weighted by atomic mass is 16.7. The van der Waals surface area contributed by atoms with Crippen molar-refractivity contribution in [3.05, 3.63) is 29.3 Å². The molecule has 2 rings (SSSR count). The first-order chi connectivity index (χ1) is 12.4. The minimum atomic E-state index is -0.466. The van der Waals surface area contributed by atoms with Crippen molar-refractivity contribution < 1.29 is 24.0 Å². The zero-order chi connectivity index (χ0) is 19.1. The van der Waals surface area contributed by atoms with Crippen molar-refractivity contribution in [3.63, 3.8) is 0 Å². The molecule has 3 amide bonds. The normalized spacial score (nSPS) is 13.5. The summed E-state index contributed by atoms with van der Waals surface area (Å²) < 4.78 is 0. The molecule has 1 fully saturated rings. The van der Waals surface area contributed by atoms with Crippen LogP contribution in [0.25, 0.3) is 0 Å². The zero-order valence-corrected chi connectivity index (χ0v) is 14.4. The van der Waals surface area contributed by atoms with Crippen LogP contribution in [0.3, 0.4) is 0 Å². The average Bonchev–Trinajstić information content (AvgIpc) is 2.93. The van der Waals surface area contributed by atoms with Gasteiger partial charge in [0.1, 0.15) is 11.9 Å². The van der Waals surface area contributed by atoms with E-state index in [-0.39, 0.29) is 41.4 Å². The molecule has 1 N–H and O–H groups in total. The molecule has 1 aliphatic rings. The van der Waals surface area contributed by atoms with Crippen LogP contribution in [0.1, 0.15) is 54.9 Å². The molecule has 0 atom stereocenters. The molecule has 0 spiro atoms. The molecular weight excluding hydrogens is 338 g/mol. The van der Waals surface area contributed by atoms with Gasteiger partial charge in [0.05, 0.1) is 5.56 Å². The summed E-state index contributed by atoms with van der Waals surface area (Å²) in [4.78, 5) is 51.4. The van der Waals surface area contributed by atoms with Gasteiger partial charge < -0.3 is 14.9 Å². The number of hydrogen-bond acceptors (Lipinski definition) is 6. The van der Waals surface area contributed by atoms with Crippen LogP contribution in [0.5, 0.6) is 5.75 Å². The highest BCUT2D eigenvalue weighted by Gasteiger charge is 2.32. The largest absolute Gasteiger partial charge is 0.368 e. The highest BCUT2D eigenvalue weighted by molar-refractivity contribution is 6.01. The van der Waals surface area contributed by atoms with E-state index in [1.807, 2.05) is 6.07 Å². The van der Waals surface area contributed by atoms with Crippen molar-refractivity contribution in [3.8, 4) is 11.8 Å². The predicted molar refractivity (Wildman–Crippen MR) is 89.7 cm³/mol. The van der Waals surface area contributed by atoms with Gasteiger partial charge in [-0.1, -0.05) is 0 Å². The van der Waals surface area contributed by atoms with Crippen LogP contribution in [0, 0.1) is 11.3 Å². The Kier molecular flexibility index (Phi) is 6.44. The van der Waals surface area contributed by atoms with Crippen LogP contribution >= 0.6 is 0 Å². The van der Waals surface area contributed by atoms with Gasteiger partial charge in [-0.25, -0.2) is 0 Å². The number of nitrogens with zero attached hydrogens (tertiary/aromatic N) is 2. The van der Waals surface area contributed by atoms with Gasteiger partial charge in [-0.15, -0.1) is 5.06 Å². The number of nitriles is 1. The van der Waals surface area contributed by atoms with E-state index >= 15 is 0 Å². The lowest BCUT2D eigenvalue weighted by Gasteiger charge is -2.15. The van der Waals surface area contributed by atoms with E-state index in [2.05, 4.69) is 5.32 Å². The lowest BCUT2D eigenvalue weighted by atomic mass is 10.1. The minimum absolute atomic E-state index is 0.0362. The van der Waals surface area contributed by atoms with E-state index in [9.17, 15) is 24.4 Å². The number of Topliss-reactive ketones (excluding diaryl/α,β-unsaturated/α-hetero) is 1. The number of rotatable bonds is 8. The van der Waals surface area contributed by atoms with Crippen molar-refractivity contribution in [2.24, 2.45) is 0 Å². The second-order valence-electron chi connectivity index (χ2n) is 5.91. The van der Waals surface area contributed by atoms with Crippen LogP contribution in [0.2, 0.25) is 0 Å². The van der Waals surface area contributed by atoms with Gasteiger partial charge in [0.25, 0.3) is 17.7 Å². The number of hydrogen-bond donors (Lipinski definition) is 1. The maximum atomic E-state index is 12.1. The number of imide groups is 1. The Morgan fingerprint density at radius 2 is 1.92 bits per heavy atom. The van der Waals surface area contributed by atoms with E-state index in [0.29, 0.717) is 30.9 Å². The van der Waals surface area contributed by atoms with Gasteiger partial charge in [0, 0.05) is 31.4 Å². The molecule has 0 unspecified atom stereocenters. The third kappa shape index (κ3) is 4.89. The number of ketones is 1. The fourth-order valence-corrected chi connectivity index (χ4v) is 2.40. The summed E-state index contributed by atoms with van der Waals surface area (Å²) in [5.74, 6) is -1.14. The van der Waals surface area contributed by atoms with Crippen molar-refractivity contribution in [1.82, 2.24) is 10.4 Å². The summed E-state index contributed by atoms with van der Waals surface area (Å²) in [6.07, 6.45) is 2.00. The number of amides is 3. The Labute approximate surface area is 150 Å². The van der Waals surface area contributed by atoms with E-state index in [4.69, 9.17) is 4.84 Å². The molecule has 0 aromatic heterocycles. The third-order valence-corrected chi connectivity index (χ3v) is 3.80. The maximum Gasteiger partial charge on any atom is 0.263 e. The van der Waals surface area contributed by atoms with Gasteiger partial charge in [0.2, 0.25) is 0 Å². The first-order valence-corrected chi connectivity index (χ1v) is 8.28. The highest BCUT2D eigenvalue weighted by Crippen LogP contribution is 2.23. The molecule has 0 radical (unpaired) electrons. The number of carbonyl (C=O) groups is 4. The quantitative estimate of drug-likeness (QED) is 0.556. The Hall–Kier alpha value is -3.21. The van der Waals surface area contributed by atoms with Gasteiger partial charge in [-0.05, 0) is 38.0 Å². The summed E-state index contributed by atoms with van der Waals surface area (Å²) in [6.45, 7) is 1.94. The summed E-state index contributed by atoms with van der Waals surface area (Å²) in [7, 11) is 0. The second-order valence-corrected chi connectivity index (χ2v) is 5.91. The smallest absolute Gasteiger partial charge is 0.263 e. The van der Waals surface area contributed by atoms with E-state index < -0.39 is 11.8 Å². The SMILES string of the molecule is CC(=O)CCCCNC(=O)c1ccc(ON2C(=O)CCC2=O)c(C#N)c1. The molecule has 1 aromatic rings. The van der Waals surface area contributed by atoms with Crippen LogP contribution in [0.15, 0.2) is 18.2 Å². The number of unbranched alkanes of at least 4 members (excludes halogenated alkanes) is 1. The van der Waals surface area contributed by atoms with Gasteiger partial charge in [0.15, 0.2) is 5.75 Å². The molecule has 1 heterocycles. The number of carbonyl (C=O) groups excluding carboxylic acids is 4. The molecule has 0 aliphatic carbocycles. The van der Waals surface area contributed by atoms with Crippen LogP contribution in [-0.2, 0) is 14.4 Å². The summed E-state index contributed by atoms with van der Waals surface area (Å²) >= 11 is 0.